The molecule has 2 aromatic rings. The summed E-state index contributed by atoms with van der Waals surface area (Å²) in [5, 5.41) is 11.9. The molecule has 0 radical (unpaired) electrons. The van der Waals surface area contributed by atoms with Crippen molar-refractivity contribution in [1.29, 1.82) is 5.26 Å². The van der Waals surface area contributed by atoms with Gasteiger partial charge in [-0.3, -0.25) is 9.69 Å². The molecule has 0 bridgehead atoms. The predicted octanol–water partition coefficient (Wildman–Crippen LogP) is 4.39. The Labute approximate surface area is 196 Å². The number of nitrogens with zero attached hydrogens (tertiary/aromatic N) is 3. The van der Waals surface area contributed by atoms with E-state index in [1.807, 2.05) is 52.8 Å². The highest BCUT2D eigenvalue weighted by atomic mass is 16.6. The highest BCUT2D eigenvalue weighted by Gasteiger charge is 2.25. The fraction of sp³-hybridized carbons (Fsp3) is 0.500. The Bertz CT molecular complexity index is 1040. The maximum absolute atomic E-state index is 13.2. The van der Waals surface area contributed by atoms with Crippen molar-refractivity contribution in [3.05, 3.63) is 52.8 Å². The number of alkyl carbamates (subject to hydrolysis) is 1. The van der Waals surface area contributed by atoms with E-state index >= 15 is 0 Å². The van der Waals surface area contributed by atoms with Crippen molar-refractivity contribution in [1.82, 2.24) is 14.8 Å². The zero-order valence-corrected chi connectivity index (χ0v) is 20.3. The summed E-state index contributed by atoms with van der Waals surface area (Å²) in [5.74, 6) is 0.397. The van der Waals surface area contributed by atoms with Crippen LogP contribution in [0.25, 0.3) is 5.69 Å². The molecule has 1 aliphatic heterocycles. The molecule has 1 atom stereocenters. The molecule has 1 amide bonds. The Hall–Kier alpha value is -3.11. The first-order valence-corrected chi connectivity index (χ1v) is 11.5. The van der Waals surface area contributed by atoms with Crippen LogP contribution in [-0.4, -0.2) is 53.1 Å². The van der Waals surface area contributed by atoms with E-state index in [0.29, 0.717) is 24.6 Å². The van der Waals surface area contributed by atoms with Crippen LogP contribution in [0.1, 0.15) is 60.9 Å². The lowest BCUT2D eigenvalue weighted by Crippen LogP contribution is -2.43. The summed E-state index contributed by atoms with van der Waals surface area (Å²) in [4.78, 5) is 27.3. The number of carbonyl (C=O) groups excluding carboxylic acids is 2. The zero-order valence-electron chi connectivity index (χ0n) is 20.3. The summed E-state index contributed by atoms with van der Waals surface area (Å²) in [7, 11) is 0. The zero-order chi connectivity index (χ0) is 24.2. The lowest BCUT2D eigenvalue weighted by Gasteiger charge is -2.32. The third-order valence-corrected chi connectivity index (χ3v) is 5.89. The van der Waals surface area contributed by atoms with Crippen LogP contribution in [0.15, 0.2) is 30.3 Å². The Morgan fingerprint density at radius 1 is 1.21 bits per heavy atom. The quantitative estimate of drug-likeness (QED) is 0.660. The number of aromatic nitrogens is 1. The first-order chi connectivity index (χ1) is 15.6. The van der Waals surface area contributed by atoms with Gasteiger partial charge in [0.1, 0.15) is 5.60 Å². The number of rotatable bonds is 6. The molecule has 0 aliphatic carbocycles. The van der Waals surface area contributed by atoms with E-state index in [2.05, 4.69) is 20.9 Å². The van der Waals surface area contributed by atoms with Crippen LogP contribution in [0.2, 0.25) is 0 Å². The maximum Gasteiger partial charge on any atom is 0.407 e. The Balaban J connectivity index is 1.62. The molecule has 33 heavy (non-hydrogen) atoms. The number of amides is 1. The highest BCUT2D eigenvalue weighted by molar-refractivity contribution is 5.99. The average Bonchev–Trinajstić information content (AvgIpc) is 3.05. The topological polar surface area (TPSA) is 87.4 Å². The number of nitrogens with one attached hydrogen (secondary N) is 1. The van der Waals surface area contributed by atoms with Crippen LogP contribution < -0.4 is 5.32 Å². The van der Waals surface area contributed by atoms with Gasteiger partial charge in [0.15, 0.2) is 5.78 Å². The second kappa shape index (κ2) is 10.2. The highest BCUT2D eigenvalue weighted by Crippen LogP contribution is 2.23. The largest absolute Gasteiger partial charge is 0.444 e. The number of aryl methyl sites for hydroxylation is 1. The standard InChI is InChI=1S/C26H34N4O3/c1-18-13-23(19(2)30(18)22-10-8-20(14-27)9-11-22)24(31)17-29-12-6-7-21(16-29)15-28-25(32)33-26(3,4)5/h8-11,13,21H,6-7,12,15-17H2,1-5H3,(H,28,32). The van der Waals surface area contributed by atoms with Gasteiger partial charge >= 0.3 is 6.09 Å². The molecule has 0 spiro atoms. The molecular formula is C26H34N4O3. The lowest BCUT2D eigenvalue weighted by molar-refractivity contribution is 0.0504. The van der Waals surface area contributed by atoms with Crippen molar-refractivity contribution in [3.8, 4) is 11.8 Å². The van der Waals surface area contributed by atoms with Crippen molar-refractivity contribution in [2.24, 2.45) is 5.92 Å². The van der Waals surface area contributed by atoms with Crippen molar-refractivity contribution < 1.29 is 14.3 Å². The molecule has 1 unspecified atom stereocenters. The number of ether oxygens (including phenoxy) is 1. The molecule has 1 N–H and O–H groups in total. The molecule has 7 heteroatoms. The van der Waals surface area contributed by atoms with Gasteiger partial charge in [-0.15, -0.1) is 0 Å². The maximum atomic E-state index is 13.2. The molecule has 1 aromatic heterocycles. The molecule has 176 valence electrons. The van der Waals surface area contributed by atoms with Gasteiger partial charge in [-0.2, -0.15) is 5.26 Å². The minimum atomic E-state index is -0.515. The number of piperidine rings is 1. The van der Waals surface area contributed by atoms with Crippen LogP contribution in [-0.2, 0) is 4.74 Å². The van der Waals surface area contributed by atoms with E-state index in [-0.39, 0.29) is 5.78 Å². The van der Waals surface area contributed by atoms with Crippen molar-refractivity contribution in [2.45, 2.75) is 53.1 Å². The normalized spacial score (nSPS) is 16.8. The summed E-state index contributed by atoms with van der Waals surface area (Å²) in [6.45, 7) is 12.0. The third-order valence-electron chi connectivity index (χ3n) is 5.89. The minimum absolute atomic E-state index is 0.101. The fourth-order valence-corrected chi connectivity index (χ4v) is 4.42. The van der Waals surface area contributed by atoms with Crippen molar-refractivity contribution >= 4 is 11.9 Å². The molecule has 1 saturated heterocycles. The minimum Gasteiger partial charge on any atom is -0.444 e. The van der Waals surface area contributed by atoms with Gasteiger partial charge in [0.25, 0.3) is 0 Å². The molecule has 0 saturated carbocycles. The number of hydrogen-bond acceptors (Lipinski definition) is 5. The van der Waals surface area contributed by atoms with Crippen molar-refractivity contribution in [3.63, 3.8) is 0 Å². The smallest absolute Gasteiger partial charge is 0.407 e. The number of hydrogen-bond donors (Lipinski definition) is 1. The van der Waals surface area contributed by atoms with Gasteiger partial charge in [0.05, 0.1) is 18.2 Å². The van der Waals surface area contributed by atoms with E-state index in [1.54, 1.807) is 12.1 Å². The number of carbonyl (C=O) groups is 2. The van der Waals surface area contributed by atoms with Gasteiger partial charge in [0.2, 0.25) is 0 Å². The van der Waals surface area contributed by atoms with Gasteiger partial charge in [-0.05, 0) is 90.3 Å². The summed E-state index contributed by atoms with van der Waals surface area (Å²) in [6.07, 6.45) is 1.62. The Morgan fingerprint density at radius 3 is 2.55 bits per heavy atom. The van der Waals surface area contributed by atoms with Gasteiger partial charge in [0, 0.05) is 35.7 Å². The molecular weight excluding hydrogens is 416 g/mol. The van der Waals surface area contributed by atoms with Gasteiger partial charge in [-0.1, -0.05) is 0 Å². The molecule has 1 aromatic carbocycles. The van der Waals surface area contributed by atoms with Crippen LogP contribution in [0.5, 0.6) is 0 Å². The Kier molecular flexibility index (Phi) is 7.60. The summed E-state index contributed by atoms with van der Waals surface area (Å²) < 4.78 is 7.37. The van der Waals surface area contributed by atoms with Crippen LogP contribution in [0, 0.1) is 31.1 Å². The lowest BCUT2D eigenvalue weighted by atomic mass is 9.97. The Morgan fingerprint density at radius 2 is 1.91 bits per heavy atom. The molecule has 7 nitrogen and oxygen atoms in total. The summed E-state index contributed by atoms with van der Waals surface area (Å²) in [5.41, 5.74) is 3.65. The first-order valence-electron chi connectivity index (χ1n) is 11.5. The van der Waals surface area contributed by atoms with Crippen LogP contribution in [0.4, 0.5) is 4.79 Å². The fourth-order valence-electron chi connectivity index (χ4n) is 4.42. The number of nitriles is 1. The summed E-state index contributed by atoms with van der Waals surface area (Å²) in [6, 6.07) is 11.5. The first kappa shape index (κ1) is 24.5. The second-order valence-electron chi connectivity index (χ2n) is 9.83. The molecule has 1 aliphatic rings. The third kappa shape index (κ3) is 6.45. The monoisotopic (exact) mass is 450 g/mol. The van der Waals surface area contributed by atoms with Gasteiger partial charge < -0.3 is 14.6 Å². The van der Waals surface area contributed by atoms with E-state index in [1.165, 1.54) is 0 Å². The number of benzene rings is 1. The predicted molar refractivity (Wildman–Crippen MR) is 128 cm³/mol. The van der Waals surface area contributed by atoms with Crippen LogP contribution in [0.3, 0.4) is 0 Å². The van der Waals surface area contributed by atoms with E-state index in [0.717, 1.165) is 48.6 Å². The molecule has 3 rings (SSSR count). The second-order valence-corrected chi connectivity index (χ2v) is 9.83. The van der Waals surface area contributed by atoms with E-state index < -0.39 is 11.7 Å². The number of likely N-dealkylation sites (tertiary alicyclic amines) is 1. The SMILES string of the molecule is Cc1cc(C(=O)CN2CCCC(CNC(=O)OC(C)(C)C)C2)c(C)n1-c1ccc(C#N)cc1. The van der Waals surface area contributed by atoms with Crippen molar-refractivity contribution in [2.75, 3.05) is 26.2 Å². The molecule has 1 fully saturated rings. The van der Waals surface area contributed by atoms with E-state index in [9.17, 15) is 9.59 Å². The molecule has 2 heterocycles. The number of Topliss-reactive ketones (excluding diaryl/α,β-unsaturated/α-hetero) is 1. The average molecular weight is 451 g/mol. The van der Waals surface area contributed by atoms with Gasteiger partial charge in [-0.25, -0.2) is 4.79 Å². The summed E-state index contributed by atoms with van der Waals surface area (Å²) >= 11 is 0. The van der Waals surface area contributed by atoms with Crippen LogP contribution >= 0.6 is 0 Å². The number of ketones is 1. The van der Waals surface area contributed by atoms with E-state index in [4.69, 9.17) is 10.00 Å².